The molecule has 1 saturated carbocycles. The van der Waals surface area contributed by atoms with Crippen LogP contribution in [-0.2, 0) is 22.4 Å². The molecule has 6 nitrogen and oxygen atoms in total. The van der Waals surface area contributed by atoms with Gasteiger partial charge in [0.25, 0.3) is 0 Å². The van der Waals surface area contributed by atoms with Gasteiger partial charge in [-0.25, -0.2) is 4.79 Å². The van der Waals surface area contributed by atoms with E-state index >= 15 is 0 Å². The molecule has 1 aliphatic carbocycles. The molecule has 0 spiro atoms. The van der Waals surface area contributed by atoms with Gasteiger partial charge in [-0.3, -0.25) is 4.98 Å². The third-order valence-electron chi connectivity index (χ3n) is 5.01. The number of thioether (sulfide) groups is 1. The van der Waals surface area contributed by atoms with E-state index in [1.807, 2.05) is 12.3 Å². The highest BCUT2D eigenvalue weighted by Gasteiger charge is 2.44. The average Bonchev–Trinajstić information content (AvgIpc) is 3.37. The van der Waals surface area contributed by atoms with Crippen LogP contribution in [0.15, 0.2) is 22.7 Å². The van der Waals surface area contributed by atoms with Gasteiger partial charge in [-0.1, -0.05) is 12.8 Å². The van der Waals surface area contributed by atoms with Crippen molar-refractivity contribution in [1.82, 2.24) is 4.98 Å². The van der Waals surface area contributed by atoms with Gasteiger partial charge in [0.1, 0.15) is 11.3 Å². The first-order chi connectivity index (χ1) is 12.5. The fourth-order valence-corrected chi connectivity index (χ4v) is 3.83. The summed E-state index contributed by atoms with van der Waals surface area (Å²) in [6, 6.07) is 3.01. The number of pyridine rings is 1. The molecule has 9 heteroatoms. The van der Waals surface area contributed by atoms with Crippen molar-refractivity contribution in [1.29, 1.82) is 0 Å². The summed E-state index contributed by atoms with van der Waals surface area (Å²) in [6.07, 6.45) is 8.14. The van der Waals surface area contributed by atoms with E-state index in [9.17, 15) is 9.90 Å². The predicted molar refractivity (Wildman–Crippen MR) is 117 cm³/mol. The van der Waals surface area contributed by atoms with Gasteiger partial charge in [0.2, 0.25) is 0 Å². The fraction of sp³-hybridized carbons (Fsp3) is 0.579. The van der Waals surface area contributed by atoms with Crippen molar-refractivity contribution in [2.45, 2.75) is 43.7 Å². The molecule has 2 heterocycles. The molecule has 0 aliphatic heterocycles. The summed E-state index contributed by atoms with van der Waals surface area (Å²) in [5.41, 5.74) is 5.58. The number of carbonyl (C=O) groups is 1. The molecule has 2 aromatic rings. The molecule has 3 rings (SSSR count). The maximum absolute atomic E-state index is 12.3. The van der Waals surface area contributed by atoms with Crippen molar-refractivity contribution in [3.8, 4) is 0 Å². The van der Waals surface area contributed by atoms with Gasteiger partial charge in [0, 0.05) is 30.2 Å². The molecular formula is C19H28Cl2N2O4S. The molecule has 2 aromatic heterocycles. The quantitative estimate of drug-likeness (QED) is 0.565. The number of nitrogens with two attached hydrogens (primary N) is 1. The number of nitrogens with zero attached hydrogens (tertiary/aromatic N) is 1. The summed E-state index contributed by atoms with van der Waals surface area (Å²) >= 11 is 1.47. The highest BCUT2D eigenvalue weighted by atomic mass is 35.5. The number of rotatable bonds is 9. The molecule has 0 aromatic carbocycles. The van der Waals surface area contributed by atoms with E-state index in [4.69, 9.17) is 14.9 Å². The first kappa shape index (κ1) is 25.0. The van der Waals surface area contributed by atoms with Crippen LogP contribution in [0.2, 0.25) is 0 Å². The highest BCUT2D eigenvalue weighted by molar-refractivity contribution is 7.98. The second-order valence-electron chi connectivity index (χ2n) is 7.02. The monoisotopic (exact) mass is 450 g/mol. The highest BCUT2D eigenvalue weighted by Crippen LogP contribution is 2.34. The first-order valence-corrected chi connectivity index (χ1v) is 10.3. The lowest BCUT2D eigenvalue weighted by Gasteiger charge is -2.30. The summed E-state index contributed by atoms with van der Waals surface area (Å²) in [5, 5.41) is 11.8. The Morgan fingerprint density at radius 1 is 1.50 bits per heavy atom. The number of aryl methyl sites for hydroxylation is 1. The Hall–Kier alpha value is -0.990. The maximum atomic E-state index is 12.3. The minimum absolute atomic E-state index is 0. The number of ether oxygens (including phenoxy) is 1. The Morgan fingerprint density at radius 3 is 2.82 bits per heavy atom. The molecule has 1 aliphatic rings. The summed E-state index contributed by atoms with van der Waals surface area (Å²) in [6.45, 7) is 0. The first-order valence-electron chi connectivity index (χ1n) is 8.89. The largest absolute Gasteiger partial charge is 0.467 e. The van der Waals surface area contributed by atoms with Crippen molar-refractivity contribution in [3.05, 3.63) is 29.8 Å². The van der Waals surface area contributed by atoms with E-state index in [-0.39, 0.29) is 31.2 Å². The minimum Gasteiger partial charge on any atom is -0.467 e. The number of fused-ring (bicyclic) bond motifs is 1. The standard InChI is InChI=1S/C19H26N2O4S.2ClH/c1-24-18(22)19(23,17(20)11-26-2)10-15-14-9-13(6-5-12-3-4-12)25-16(14)7-8-21-15;;/h7-9,12,17,23H,3-6,10-11,20H2,1-2H3;2*1H/t17-,19+;;/m0../s1. The van der Waals surface area contributed by atoms with Gasteiger partial charge in [0.05, 0.1) is 18.8 Å². The summed E-state index contributed by atoms with van der Waals surface area (Å²) < 4.78 is 10.7. The van der Waals surface area contributed by atoms with Gasteiger partial charge >= 0.3 is 5.97 Å². The smallest absolute Gasteiger partial charge is 0.339 e. The Labute approximate surface area is 181 Å². The lowest BCUT2D eigenvalue weighted by atomic mass is 9.89. The van der Waals surface area contributed by atoms with Crippen LogP contribution in [0.1, 0.15) is 30.7 Å². The lowest BCUT2D eigenvalue weighted by molar-refractivity contribution is -0.164. The second kappa shape index (κ2) is 10.7. The Balaban J connectivity index is 0.00000196. The number of esters is 1. The Bertz CT molecular complexity index is 784. The van der Waals surface area contributed by atoms with E-state index in [2.05, 4.69) is 4.98 Å². The number of hydrogen-bond donors (Lipinski definition) is 2. The van der Waals surface area contributed by atoms with Gasteiger partial charge in [-0.15, -0.1) is 24.8 Å². The van der Waals surface area contributed by atoms with Crippen molar-refractivity contribution >= 4 is 53.5 Å². The van der Waals surface area contributed by atoms with E-state index in [0.29, 0.717) is 17.0 Å². The molecule has 3 N–H and O–H groups in total. The normalized spacial score (nSPS) is 16.6. The second-order valence-corrected chi connectivity index (χ2v) is 7.93. The Morgan fingerprint density at radius 2 is 2.21 bits per heavy atom. The van der Waals surface area contributed by atoms with Crippen LogP contribution in [0.4, 0.5) is 0 Å². The van der Waals surface area contributed by atoms with Crippen LogP contribution in [0.5, 0.6) is 0 Å². The van der Waals surface area contributed by atoms with Crippen molar-refractivity contribution in [2.75, 3.05) is 19.1 Å². The van der Waals surface area contributed by atoms with Gasteiger partial charge in [-0.2, -0.15) is 11.8 Å². The van der Waals surface area contributed by atoms with Crippen LogP contribution in [0, 0.1) is 5.92 Å². The van der Waals surface area contributed by atoms with Gasteiger partial charge in [0.15, 0.2) is 5.60 Å². The molecule has 0 bridgehead atoms. The van der Waals surface area contributed by atoms with Crippen LogP contribution in [0.3, 0.4) is 0 Å². The van der Waals surface area contributed by atoms with E-state index in [1.165, 1.54) is 31.7 Å². The zero-order valence-electron chi connectivity index (χ0n) is 16.1. The topological polar surface area (TPSA) is 98.6 Å². The molecule has 0 amide bonds. The zero-order chi connectivity index (χ0) is 18.7. The fourth-order valence-electron chi connectivity index (χ4n) is 3.19. The lowest BCUT2D eigenvalue weighted by Crippen LogP contribution is -2.57. The van der Waals surface area contributed by atoms with E-state index in [0.717, 1.165) is 29.9 Å². The molecule has 158 valence electrons. The minimum atomic E-state index is -1.83. The number of aromatic nitrogens is 1. The summed E-state index contributed by atoms with van der Waals surface area (Å²) in [4.78, 5) is 16.6. The van der Waals surface area contributed by atoms with Crippen molar-refractivity contribution < 1.29 is 19.1 Å². The van der Waals surface area contributed by atoms with Crippen molar-refractivity contribution in [2.24, 2.45) is 11.7 Å². The SMILES string of the molecule is COC(=O)[C@@](O)(Cc1nccc2oc(CCC3CC3)cc12)[C@@H](N)CSC.Cl.Cl. The van der Waals surface area contributed by atoms with Crippen LogP contribution >= 0.6 is 36.6 Å². The average molecular weight is 451 g/mol. The zero-order valence-corrected chi connectivity index (χ0v) is 18.5. The maximum Gasteiger partial charge on any atom is 0.339 e. The number of furan rings is 1. The molecule has 0 radical (unpaired) electrons. The number of methoxy groups -OCH3 is 1. The van der Waals surface area contributed by atoms with E-state index in [1.54, 1.807) is 12.3 Å². The third-order valence-corrected chi connectivity index (χ3v) is 5.70. The summed E-state index contributed by atoms with van der Waals surface area (Å²) in [5.74, 6) is 1.43. The number of hydrogen-bond acceptors (Lipinski definition) is 7. The van der Waals surface area contributed by atoms with Crippen LogP contribution in [0.25, 0.3) is 11.0 Å². The number of carbonyl (C=O) groups excluding carboxylic acids is 1. The molecule has 0 unspecified atom stereocenters. The third kappa shape index (κ3) is 5.54. The molecule has 1 fully saturated rings. The molecule has 28 heavy (non-hydrogen) atoms. The number of aliphatic hydroxyl groups is 1. The van der Waals surface area contributed by atoms with E-state index < -0.39 is 17.6 Å². The summed E-state index contributed by atoms with van der Waals surface area (Å²) in [7, 11) is 1.25. The number of halogens is 2. The van der Waals surface area contributed by atoms with Crippen molar-refractivity contribution in [3.63, 3.8) is 0 Å². The van der Waals surface area contributed by atoms with Gasteiger partial charge < -0.3 is 20.0 Å². The predicted octanol–water partition coefficient (Wildman–Crippen LogP) is 3.15. The molecule has 0 saturated heterocycles. The van der Waals surface area contributed by atoms with Crippen LogP contribution < -0.4 is 5.73 Å². The molecule has 2 atom stereocenters. The van der Waals surface area contributed by atoms with Crippen LogP contribution in [-0.4, -0.2) is 46.8 Å². The Kier molecular flexibility index (Phi) is 9.56. The van der Waals surface area contributed by atoms with Gasteiger partial charge in [-0.05, 0) is 30.7 Å². The molecular weight excluding hydrogens is 423 g/mol.